The summed E-state index contributed by atoms with van der Waals surface area (Å²) in [7, 11) is 0. The maximum absolute atomic E-state index is 11.5. The maximum Gasteiger partial charge on any atom is 0.307 e. The molecule has 5 heteroatoms. The molecule has 1 amide bonds. The van der Waals surface area contributed by atoms with Crippen molar-refractivity contribution in [2.24, 2.45) is 17.8 Å². The first kappa shape index (κ1) is 7.32. The Morgan fingerprint density at radius 1 is 1.62 bits per heavy atom. The van der Waals surface area contributed by atoms with E-state index in [1.54, 1.807) is 4.90 Å². The molecule has 0 aromatic rings. The Morgan fingerprint density at radius 3 is 3.08 bits per heavy atom. The van der Waals surface area contributed by atoms with Gasteiger partial charge in [-0.3, -0.25) is 9.59 Å². The number of hydrogen-bond acceptors (Lipinski definition) is 3. The summed E-state index contributed by atoms with van der Waals surface area (Å²) in [6, 6.07) is 0.0404. The van der Waals surface area contributed by atoms with E-state index in [0.29, 0.717) is 13.3 Å². The first-order valence-electron chi connectivity index (χ1n) is 4.33. The molecule has 3 fully saturated rings. The number of carbonyl (C=O) groups excluding carboxylic acids is 1. The zero-order valence-corrected chi connectivity index (χ0v) is 6.84. The number of piperidine rings is 1. The van der Waals surface area contributed by atoms with Crippen LogP contribution in [0.1, 0.15) is 0 Å². The minimum absolute atomic E-state index is 0.0208. The summed E-state index contributed by atoms with van der Waals surface area (Å²) in [5, 5.41) is 8.79. The number of rotatable bonds is 1. The highest BCUT2D eigenvalue weighted by molar-refractivity contribution is 5.93. The number of fused-ring (bicyclic) bond motifs is 3. The summed E-state index contributed by atoms with van der Waals surface area (Å²) in [6.45, 7) is 0.861. The van der Waals surface area contributed by atoms with Crippen molar-refractivity contribution in [2.75, 3.05) is 13.3 Å². The van der Waals surface area contributed by atoms with Crippen molar-refractivity contribution in [3.8, 4) is 0 Å². The summed E-state index contributed by atoms with van der Waals surface area (Å²) in [5.41, 5.74) is 0. The van der Waals surface area contributed by atoms with Gasteiger partial charge in [0.15, 0.2) is 0 Å². The van der Waals surface area contributed by atoms with E-state index in [9.17, 15) is 9.59 Å². The van der Waals surface area contributed by atoms with E-state index < -0.39 is 11.9 Å². The van der Waals surface area contributed by atoms with Crippen molar-refractivity contribution in [3.63, 3.8) is 0 Å². The molecule has 70 valence electrons. The molecule has 5 nitrogen and oxygen atoms in total. The number of ether oxygens (including phenoxy) is 1. The number of carbonyl (C=O) groups is 2. The number of carboxylic acid groups (broad SMARTS) is 1. The van der Waals surface area contributed by atoms with Gasteiger partial charge in [0.1, 0.15) is 6.73 Å². The predicted octanol–water partition coefficient (Wildman–Crippen LogP) is -0.868. The second-order valence-electron chi connectivity index (χ2n) is 3.84. The third kappa shape index (κ3) is 0.709. The second kappa shape index (κ2) is 2.04. The molecule has 4 unspecified atom stereocenters. The number of nitrogens with zero attached hydrogens (tertiary/aromatic N) is 1. The average molecular weight is 183 g/mol. The Kier molecular flexibility index (Phi) is 1.15. The van der Waals surface area contributed by atoms with Crippen LogP contribution in [-0.2, 0) is 14.3 Å². The van der Waals surface area contributed by atoms with E-state index in [1.165, 1.54) is 0 Å². The molecule has 2 aliphatic heterocycles. The lowest BCUT2D eigenvalue weighted by Crippen LogP contribution is -2.35. The third-order valence-corrected chi connectivity index (χ3v) is 3.29. The molecule has 1 N–H and O–H groups in total. The molecule has 4 atom stereocenters. The summed E-state index contributed by atoms with van der Waals surface area (Å²) < 4.78 is 5.12. The van der Waals surface area contributed by atoms with Crippen LogP contribution in [-0.4, -0.2) is 41.3 Å². The molecule has 0 aromatic heterocycles. The number of aliphatic carboxylic acids is 1. The first-order valence-corrected chi connectivity index (χ1v) is 4.33. The van der Waals surface area contributed by atoms with Gasteiger partial charge in [-0.25, -0.2) is 0 Å². The molecule has 0 aromatic carbocycles. The van der Waals surface area contributed by atoms with Crippen LogP contribution in [0.5, 0.6) is 0 Å². The predicted molar refractivity (Wildman–Crippen MR) is 39.6 cm³/mol. The van der Waals surface area contributed by atoms with Gasteiger partial charge in [0.25, 0.3) is 0 Å². The van der Waals surface area contributed by atoms with Gasteiger partial charge < -0.3 is 14.7 Å². The molecule has 2 saturated heterocycles. The molecule has 0 radical (unpaired) electrons. The van der Waals surface area contributed by atoms with Crippen LogP contribution in [0.25, 0.3) is 0 Å². The van der Waals surface area contributed by atoms with Crippen LogP contribution in [0.2, 0.25) is 0 Å². The summed E-state index contributed by atoms with van der Waals surface area (Å²) >= 11 is 0. The van der Waals surface area contributed by atoms with Crippen molar-refractivity contribution < 1.29 is 19.4 Å². The summed E-state index contributed by atoms with van der Waals surface area (Å²) in [5.74, 6) is -1.52. The molecule has 0 spiro atoms. The lowest BCUT2D eigenvalue weighted by Gasteiger charge is -2.17. The Bertz CT molecular complexity index is 303. The minimum atomic E-state index is -0.838. The van der Waals surface area contributed by atoms with Crippen molar-refractivity contribution in [1.29, 1.82) is 0 Å². The Morgan fingerprint density at radius 2 is 2.38 bits per heavy atom. The molecule has 2 heterocycles. The van der Waals surface area contributed by atoms with E-state index in [0.717, 1.165) is 0 Å². The van der Waals surface area contributed by atoms with Crippen molar-refractivity contribution >= 4 is 11.9 Å². The highest BCUT2D eigenvalue weighted by Gasteiger charge is 2.70. The molecule has 3 rings (SSSR count). The third-order valence-electron chi connectivity index (χ3n) is 3.29. The van der Waals surface area contributed by atoms with Crippen LogP contribution >= 0.6 is 0 Å². The molecular weight excluding hydrogens is 174 g/mol. The standard InChI is InChI=1S/C8H9NO4/c10-7-5-4(6(5)8(11)12)3-1-13-2-9(3)7/h3-6H,1-2H2,(H,11,12). The Balaban J connectivity index is 1.88. The fourth-order valence-electron chi connectivity index (χ4n) is 2.64. The van der Waals surface area contributed by atoms with Crippen LogP contribution in [0.4, 0.5) is 0 Å². The zero-order valence-electron chi connectivity index (χ0n) is 6.84. The highest BCUT2D eigenvalue weighted by atomic mass is 16.5. The fourth-order valence-corrected chi connectivity index (χ4v) is 2.64. The summed E-state index contributed by atoms with van der Waals surface area (Å²) in [4.78, 5) is 23.9. The Labute approximate surface area is 74.3 Å². The van der Waals surface area contributed by atoms with Gasteiger partial charge in [-0.2, -0.15) is 0 Å². The van der Waals surface area contributed by atoms with Crippen LogP contribution in [0.3, 0.4) is 0 Å². The van der Waals surface area contributed by atoms with E-state index >= 15 is 0 Å². The van der Waals surface area contributed by atoms with E-state index in [1.807, 2.05) is 0 Å². The molecule has 1 aliphatic carbocycles. The smallest absolute Gasteiger partial charge is 0.307 e. The highest BCUT2D eigenvalue weighted by Crippen LogP contribution is 2.57. The van der Waals surface area contributed by atoms with Crippen LogP contribution in [0.15, 0.2) is 0 Å². The Hall–Kier alpha value is -1.10. The SMILES string of the molecule is O=C(O)C1C2C(=O)N3COCC3C12. The van der Waals surface area contributed by atoms with Gasteiger partial charge in [-0.1, -0.05) is 0 Å². The number of hydrogen-bond donors (Lipinski definition) is 1. The van der Waals surface area contributed by atoms with Crippen LogP contribution < -0.4 is 0 Å². The normalized spacial score (nSPS) is 46.2. The van der Waals surface area contributed by atoms with Gasteiger partial charge in [-0.05, 0) is 0 Å². The number of carboxylic acids is 1. The van der Waals surface area contributed by atoms with Crippen molar-refractivity contribution in [2.45, 2.75) is 6.04 Å². The molecule has 1 saturated carbocycles. The lowest BCUT2D eigenvalue weighted by molar-refractivity contribution is -0.143. The average Bonchev–Trinajstić information content (AvgIpc) is 2.52. The molecular formula is C8H9NO4. The largest absolute Gasteiger partial charge is 0.481 e. The van der Waals surface area contributed by atoms with Gasteiger partial charge in [0, 0.05) is 5.92 Å². The summed E-state index contributed by atoms with van der Waals surface area (Å²) in [6.07, 6.45) is 0. The monoisotopic (exact) mass is 183 g/mol. The molecule has 3 aliphatic rings. The van der Waals surface area contributed by atoms with Crippen molar-refractivity contribution in [1.82, 2.24) is 4.90 Å². The van der Waals surface area contributed by atoms with E-state index in [2.05, 4.69) is 0 Å². The molecule has 13 heavy (non-hydrogen) atoms. The lowest BCUT2D eigenvalue weighted by atomic mass is 10.1. The van der Waals surface area contributed by atoms with Gasteiger partial charge in [-0.15, -0.1) is 0 Å². The van der Waals surface area contributed by atoms with Crippen LogP contribution in [0, 0.1) is 17.8 Å². The van der Waals surface area contributed by atoms with Gasteiger partial charge in [0.2, 0.25) is 5.91 Å². The maximum atomic E-state index is 11.5. The fraction of sp³-hybridized carbons (Fsp3) is 0.750. The van der Waals surface area contributed by atoms with E-state index in [-0.39, 0.29) is 23.8 Å². The molecule has 0 bridgehead atoms. The quantitative estimate of drug-likeness (QED) is 0.574. The second-order valence-corrected chi connectivity index (χ2v) is 3.84. The topological polar surface area (TPSA) is 66.8 Å². The zero-order chi connectivity index (χ0) is 9.16. The first-order chi connectivity index (χ1) is 6.22. The minimum Gasteiger partial charge on any atom is -0.481 e. The van der Waals surface area contributed by atoms with Gasteiger partial charge >= 0.3 is 5.97 Å². The van der Waals surface area contributed by atoms with Crippen molar-refractivity contribution in [3.05, 3.63) is 0 Å². The number of amides is 1. The van der Waals surface area contributed by atoms with Gasteiger partial charge in [0.05, 0.1) is 24.5 Å². The van der Waals surface area contributed by atoms with E-state index in [4.69, 9.17) is 9.84 Å².